The first-order valence-corrected chi connectivity index (χ1v) is 5.62. The maximum atomic E-state index is 10.6. The molecule has 0 saturated carbocycles. The molecular formula is C9H13N3O3S. The highest BCUT2D eigenvalue weighted by atomic mass is 32.1. The van der Waals surface area contributed by atoms with Gasteiger partial charge in [0.2, 0.25) is 5.91 Å². The number of aromatic carboxylic acids is 1. The van der Waals surface area contributed by atoms with Crippen LogP contribution in [-0.4, -0.2) is 28.5 Å². The average Bonchev–Trinajstić information content (AvgIpc) is 2.65. The second-order valence-corrected chi connectivity index (χ2v) is 4.22. The number of nitrogens with zero attached hydrogens (tertiary/aromatic N) is 1. The second kappa shape index (κ2) is 6.06. The van der Waals surface area contributed by atoms with Crippen LogP contribution in [0.2, 0.25) is 0 Å². The smallest absolute Gasteiger partial charge is 0.347 e. The minimum absolute atomic E-state index is 0.208. The number of unbranched alkanes of at least 4 members (excludes halogenated alkanes) is 1. The molecule has 0 aromatic carbocycles. The van der Waals surface area contributed by atoms with Crippen molar-refractivity contribution in [1.82, 2.24) is 4.98 Å². The fraction of sp³-hybridized carbons (Fsp3) is 0.444. The van der Waals surface area contributed by atoms with E-state index in [1.54, 1.807) is 0 Å². The highest BCUT2D eigenvalue weighted by Crippen LogP contribution is 2.17. The van der Waals surface area contributed by atoms with Crippen LogP contribution in [0, 0.1) is 0 Å². The van der Waals surface area contributed by atoms with E-state index in [0.29, 0.717) is 18.1 Å². The lowest BCUT2D eigenvalue weighted by molar-refractivity contribution is -0.118. The summed E-state index contributed by atoms with van der Waals surface area (Å²) in [6.07, 6.45) is 3.21. The Morgan fingerprint density at radius 2 is 2.25 bits per heavy atom. The number of aromatic nitrogens is 1. The van der Waals surface area contributed by atoms with Gasteiger partial charge in [-0.15, -0.1) is 0 Å². The zero-order chi connectivity index (χ0) is 12.0. The van der Waals surface area contributed by atoms with E-state index in [1.807, 2.05) is 0 Å². The van der Waals surface area contributed by atoms with Crippen LogP contribution in [0.25, 0.3) is 0 Å². The van der Waals surface area contributed by atoms with Crippen LogP contribution in [0.1, 0.15) is 28.9 Å². The molecule has 1 amide bonds. The van der Waals surface area contributed by atoms with Gasteiger partial charge in [0.25, 0.3) is 0 Å². The monoisotopic (exact) mass is 243 g/mol. The van der Waals surface area contributed by atoms with Crippen molar-refractivity contribution in [2.45, 2.75) is 19.3 Å². The number of rotatable bonds is 7. The molecule has 0 radical (unpaired) electrons. The van der Waals surface area contributed by atoms with Crippen LogP contribution in [0.3, 0.4) is 0 Å². The van der Waals surface area contributed by atoms with Gasteiger partial charge in [-0.3, -0.25) is 4.79 Å². The van der Waals surface area contributed by atoms with Gasteiger partial charge in [-0.1, -0.05) is 11.3 Å². The van der Waals surface area contributed by atoms with E-state index >= 15 is 0 Å². The van der Waals surface area contributed by atoms with Crippen LogP contribution >= 0.6 is 11.3 Å². The Hall–Kier alpha value is -1.63. The molecule has 0 saturated heterocycles. The molecule has 1 aromatic rings. The molecule has 0 atom stereocenters. The summed E-state index contributed by atoms with van der Waals surface area (Å²) in [5, 5.41) is 12.2. The third kappa shape index (κ3) is 4.26. The van der Waals surface area contributed by atoms with E-state index in [4.69, 9.17) is 10.8 Å². The minimum atomic E-state index is -0.973. The number of anilines is 1. The quantitative estimate of drug-likeness (QED) is 0.617. The number of carbonyl (C=O) groups excluding carboxylic acids is 1. The maximum Gasteiger partial charge on any atom is 0.347 e. The van der Waals surface area contributed by atoms with Gasteiger partial charge in [-0.05, 0) is 12.8 Å². The molecule has 1 heterocycles. The fourth-order valence-electron chi connectivity index (χ4n) is 1.07. The molecule has 88 valence electrons. The van der Waals surface area contributed by atoms with Gasteiger partial charge in [0, 0.05) is 13.0 Å². The Kier molecular flexibility index (Phi) is 4.71. The van der Waals surface area contributed by atoms with E-state index < -0.39 is 5.97 Å². The maximum absolute atomic E-state index is 10.6. The summed E-state index contributed by atoms with van der Waals surface area (Å²) in [4.78, 5) is 25.1. The average molecular weight is 243 g/mol. The van der Waals surface area contributed by atoms with E-state index in [2.05, 4.69) is 10.3 Å². The highest BCUT2D eigenvalue weighted by Gasteiger charge is 2.07. The van der Waals surface area contributed by atoms with E-state index in [9.17, 15) is 9.59 Å². The molecule has 7 heteroatoms. The van der Waals surface area contributed by atoms with Crippen LogP contribution < -0.4 is 11.1 Å². The van der Waals surface area contributed by atoms with Crippen molar-refractivity contribution in [3.8, 4) is 0 Å². The topological polar surface area (TPSA) is 105 Å². The van der Waals surface area contributed by atoms with E-state index in [-0.39, 0.29) is 10.8 Å². The van der Waals surface area contributed by atoms with Crippen molar-refractivity contribution in [3.63, 3.8) is 0 Å². The largest absolute Gasteiger partial charge is 0.477 e. The minimum Gasteiger partial charge on any atom is -0.477 e. The lowest BCUT2D eigenvalue weighted by Crippen LogP contribution is -2.10. The van der Waals surface area contributed by atoms with Crippen LogP contribution in [0.15, 0.2) is 6.20 Å². The van der Waals surface area contributed by atoms with Crippen molar-refractivity contribution in [2.24, 2.45) is 5.73 Å². The van der Waals surface area contributed by atoms with Gasteiger partial charge in [0.05, 0.1) is 6.20 Å². The summed E-state index contributed by atoms with van der Waals surface area (Å²) >= 11 is 1.09. The number of nitrogens with two attached hydrogens (primary N) is 1. The standard InChI is InChI=1S/C9H13N3O3S/c10-7(13)3-1-2-4-11-9-12-5-6(16-9)8(14)15/h5H,1-4H2,(H2,10,13)(H,11,12)(H,14,15). The highest BCUT2D eigenvalue weighted by molar-refractivity contribution is 7.17. The molecule has 6 nitrogen and oxygen atoms in total. The van der Waals surface area contributed by atoms with Crippen LogP contribution in [0.4, 0.5) is 5.13 Å². The predicted molar refractivity (Wildman–Crippen MR) is 60.6 cm³/mol. The van der Waals surface area contributed by atoms with Crippen molar-refractivity contribution in [3.05, 3.63) is 11.1 Å². The van der Waals surface area contributed by atoms with E-state index in [0.717, 1.165) is 24.2 Å². The molecule has 0 spiro atoms. The van der Waals surface area contributed by atoms with Crippen molar-refractivity contribution >= 4 is 28.3 Å². The van der Waals surface area contributed by atoms with Gasteiger partial charge < -0.3 is 16.2 Å². The molecule has 0 unspecified atom stereocenters. The number of nitrogens with one attached hydrogen (secondary N) is 1. The van der Waals surface area contributed by atoms with Crippen molar-refractivity contribution in [1.29, 1.82) is 0 Å². The molecule has 1 aromatic heterocycles. The van der Waals surface area contributed by atoms with Gasteiger partial charge in [-0.25, -0.2) is 9.78 Å². The summed E-state index contributed by atoms with van der Waals surface area (Å²) in [6, 6.07) is 0. The Bertz CT molecular complexity index is 378. The molecule has 0 fully saturated rings. The Labute approximate surface area is 96.5 Å². The SMILES string of the molecule is NC(=O)CCCCNc1ncc(C(=O)O)s1. The first-order chi connectivity index (χ1) is 7.59. The fourth-order valence-corrected chi connectivity index (χ4v) is 1.75. The van der Waals surface area contributed by atoms with Crippen molar-refractivity contribution in [2.75, 3.05) is 11.9 Å². The number of thiazole rings is 1. The number of primary amides is 1. The Balaban J connectivity index is 2.21. The normalized spacial score (nSPS) is 10.0. The molecule has 16 heavy (non-hydrogen) atoms. The van der Waals surface area contributed by atoms with Crippen molar-refractivity contribution < 1.29 is 14.7 Å². The summed E-state index contributed by atoms with van der Waals surface area (Å²) in [7, 11) is 0. The zero-order valence-electron chi connectivity index (χ0n) is 8.60. The lowest BCUT2D eigenvalue weighted by Gasteiger charge is -2.00. The second-order valence-electron chi connectivity index (χ2n) is 3.19. The lowest BCUT2D eigenvalue weighted by atomic mass is 10.2. The van der Waals surface area contributed by atoms with Gasteiger partial charge in [0.15, 0.2) is 5.13 Å². The third-order valence-electron chi connectivity index (χ3n) is 1.84. The molecular weight excluding hydrogens is 230 g/mol. The Morgan fingerprint density at radius 1 is 1.50 bits per heavy atom. The van der Waals surface area contributed by atoms with Gasteiger partial charge in [0.1, 0.15) is 4.88 Å². The number of carboxylic acid groups (broad SMARTS) is 1. The molecule has 0 aliphatic rings. The van der Waals surface area contributed by atoms with E-state index in [1.165, 1.54) is 6.20 Å². The summed E-state index contributed by atoms with van der Waals surface area (Å²) in [5.74, 6) is -1.28. The molecule has 4 N–H and O–H groups in total. The first kappa shape index (κ1) is 12.4. The molecule has 1 rings (SSSR count). The number of amides is 1. The summed E-state index contributed by atoms with van der Waals surface area (Å²) in [5.41, 5.74) is 4.99. The van der Waals surface area contributed by atoms with Crippen LogP contribution in [-0.2, 0) is 4.79 Å². The Morgan fingerprint density at radius 3 is 2.81 bits per heavy atom. The number of carboxylic acids is 1. The molecule has 0 bridgehead atoms. The summed E-state index contributed by atoms with van der Waals surface area (Å²) in [6.45, 7) is 0.653. The number of hydrogen-bond donors (Lipinski definition) is 3. The van der Waals surface area contributed by atoms with Gasteiger partial charge >= 0.3 is 5.97 Å². The molecule has 0 aliphatic carbocycles. The number of hydrogen-bond acceptors (Lipinski definition) is 5. The summed E-state index contributed by atoms with van der Waals surface area (Å²) < 4.78 is 0. The number of carbonyl (C=O) groups is 2. The predicted octanol–water partition coefficient (Wildman–Crippen LogP) is 0.909. The first-order valence-electron chi connectivity index (χ1n) is 4.81. The third-order valence-corrected chi connectivity index (χ3v) is 2.79. The van der Waals surface area contributed by atoms with Crippen LogP contribution in [0.5, 0.6) is 0 Å². The molecule has 0 aliphatic heterocycles. The zero-order valence-corrected chi connectivity index (χ0v) is 9.42. The van der Waals surface area contributed by atoms with Gasteiger partial charge in [-0.2, -0.15) is 0 Å².